The number of benzene rings is 3. The maximum absolute atomic E-state index is 12.8. The van der Waals surface area contributed by atoms with Gasteiger partial charge < -0.3 is 15.2 Å². The summed E-state index contributed by atoms with van der Waals surface area (Å²) in [6, 6.07) is 26.9. The summed E-state index contributed by atoms with van der Waals surface area (Å²) >= 11 is 0. The summed E-state index contributed by atoms with van der Waals surface area (Å²) in [6.45, 7) is -0.0301. The van der Waals surface area contributed by atoms with E-state index >= 15 is 0 Å². The molecule has 0 aromatic heterocycles. The molecule has 0 radical (unpaired) electrons. The zero-order valence-corrected chi connectivity index (χ0v) is 16.0. The second-order valence-corrected chi connectivity index (χ2v) is 6.60. The van der Waals surface area contributed by atoms with Crippen LogP contribution in [0.5, 0.6) is 0 Å². The molecular weight excluding hydrogens is 366 g/mol. The Morgan fingerprint density at radius 1 is 0.793 bits per heavy atom. The molecule has 0 unspecified atom stereocenters. The van der Waals surface area contributed by atoms with Gasteiger partial charge >= 0.3 is 5.97 Å². The third-order valence-corrected chi connectivity index (χ3v) is 4.59. The topological polar surface area (TPSA) is 75.6 Å². The summed E-state index contributed by atoms with van der Waals surface area (Å²) in [5.74, 6) is -1.31. The molecule has 5 nitrogen and oxygen atoms in total. The van der Waals surface area contributed by atoms with E-state index in [-0.39, 0.29) is 0 Å². The Kier molecular flexibility index (Phi) is 6.76. The van der Waals surface area contributed by atoms with Crippen LogP contribution in [0.15, 0.2) is 91.0 Å². The Morgan fingerprint density at radius 3 is 1.79 bits per heavy atom. The van der Waals surface area contributed by atoms with Gasteiger partial charge in [0.1, 0.15) is 0 Å². The van der Waals surface area contributed by atoms with Crippen LogP contribution in [0.1, 0.15) is 16.7 Å². The van der Waals surface area contributed by atoms with Crippen molar-refractivity contribution in [2.75, 3.05) is 13.2 Å². The summed E-state index contributed by atoms with van der Waals surface area (Å²) in [5.41, 5.74) is -0.138. The fourth-order valence-electron chi connectivity index (χ4n) is 3.04. The number of nitrogens with one attached hydrogen (secondary N) is 1. The van der Waals surface area contributed by atoms with Gasteiger partial charge in [-0.1, -0.05) is 91.0 Å². The summed E-state index contributed by atoms with van der Waals surface area (Å²) in [4.78, 5) is 24.9. The fourth-order valence-corrected chi connectivity index (χ4v) is 3.04. The molecule has 2 N–H and O–H groups in total. The highest BCUT2D eigenvalue weighted by molar-refractivity contribution is 5.88. The zero-order valence-electron chi connectivity index (χ0n) is 16.0. The minimum Gasteiger partial charge on any atom is -0.453 e. The normalized spacial score (nSPS) is 10.9. The number of esters is 1. The highest BCUT2D eigenvalue weighted by Crippen LogP contribution is 2.30. The van der Waals surface area contributed by atoms with E-state index in [0.29, 0.717) is 24.1 Å². The van der Waals surface area contributed by atoms with Gasteiger partial charge in [0, 0.05) is 6.54 Å². The van der Waals surface area contributed by atoms with Crippen molar-refractivity contribution in [1.29, 1.82) is 0 Å². The van der Waals surface area contributed by atoms with Gasteiger partial charge in [0.25, 0.3) is 5.91 Å². The number of ether oxygens (including phenoxy) is 1. The number of carbonyl (C=O) groups excluding carboxylic acids is 2. The Labute approximate surface area is 170 Å². The van der Waals surface area contributed by atoms with Crippen molar-refractivity contribution < 1.29 is 19.4 Å². The van der Waals surface area contributed by atoms with E-state index in [2.05, 4.69) is 5.32 Å². The average molecular weight is 389 g/mol. The lowest BCUT2D eigenvalue weighted by Gasteiger charge is -2.26. The van der Waals surface area contributed by atoms with Crippen LogP contribution in [0.2, 0.25) is 0 Å². The van der Waals surface area contributed by atoms with Crippen LogP contribution < -0.4 is 5.32 Å². The van der Waals surface area contributed by atoms with Crippen LogP contribution in [0.4, 0.5) is 0 Å². The van der Waals surface area contributed by atoms with E-state index in [9.17, 15) is 14.7 Å². The number of aliphatic hydroxyl groups is 1. The minimum atomic E-state index is -1.99. The van der Waals surface area contributed by atoms with E-state index in [1.54, 1.807) is 60.7 Å². The summed E-state index contributed by atoms with van der Waals surface area (Å²) < 4.78 is 5.18. The quantitative estimate of drug-likeness (QED) is 0.581. The molecule has 0 spiro atoms. The molecule has 0 atom stereocenters. The van der Waals surface area contributed by atoms with Crippen molar-refractivity contribution in [2.24, 2.45) is 0 Å². The van der Waals surface area contributed by atoms with E-state index in [4.69, 9.17) is 4.74 Å². The Balaban J connectivity index is 1.62. The van der Waals surface area contributed by atoms with Crippen LogP contribution in [-0.4, -0.2) is 30.1 Å². The van der Waals surface area contributed by atoms with E-state index in [0.717, 1.165) is 5.56 Å². The Hall–Kier alpha value is -3.44. The first kappa shape index (κ1) is 20.3. The molecule has 29 heavy (non-hydrogen) atoms. The maximum Gasteiger partial charge on any atom is 0.348 e. The minimum absolute atomic E-state index is 0.376. The van der Waals surface area contributed by atoms with E-state index in [1.807, 2.05) is 30.3 Å². The third-order valence-electron chi connectivity index (χ3n) is 4.59. The van der Waals surface area contributed by atoms with Gasteiger partial charge in [0.05, 0.1) is 0 Å². The first-order valence-corrected chi connectivity index (χ1v) is 9.42. The van der Waals surface area contributed by atoms with Crippen molar-refractivity contribution in [3.05, 3.63) is 108 Å². The molecule has 0 aliphatic carbocycles. The fraction of sp³-hybridized carbons (Fsp3) is 0.167. The molecule has 0 aliphatic heterocycles. The highest BCUT2D eigenvalue weighted by Gasteiger charge is 2.41. The van der Waals surface area contributed by atoms with Crippen molar-refractivity contribution >= 4 is 11.9 Å². The molecule has 1 amide bonds. The smallest absolute Gasteiger partial charge is 0.348 e. The van der Waals surface area contributed by atoms with Gasteiger partial charge in [-0.2, -0.15) is 0 Å². The van der Waals surface area contributed by atoms with E-state index in [1.165, 1.54) is 0 Å². The van der Waals surface area contributed by atoms with Crippen molar-refractivity contribution in [1.82, 2.24) is 5.32 Å². The largest absolute Gasteiger partial charge is 0.453 e. The predicted molar refractivity (Wildman–Crippen MR) is 110 cm³/mol. The van der Waals surface area contributed by atoms with Gasteiger partial charge in [-0.15, -0.1) is 0 Å². The molecule has 0 fully saturated rings. The molecule has 3 rings (SSSR count). The van der Waals surface area contributed by atoms with Crippen LogP contribution in [0.25, 0.3) is 0 Å². The third kappa shape index (κ3) is 5.09. The Morgan fingerprint density at radius 2 is 1.28 bits per heavy atom. The van der Waals surface area contributed by atoms with E-state index < -0.39 is 24.1 Å². The first-order chi connectivity index (χ1) is 14.1. The zero-order chi connectivity index (χ0) is 20.5. The van der Waals surface area contributed by atoms with Crippen molar-refractivity contribution in [3.63, 3.8) is 0 Å². The lowest BCUT2D eigenvalue weighted by atomic mass is 9.86. The van der Waals surface area contributed by atoms with Gasteiger partial charge in [-0.3, -0.25) is 4.79 Å². The second-order valence-electron chi connectivity index (χ2n) is 6.60. The van der Waals surface area contributed by atoms with Crippen LogP contribution in [-0.2, 0) is 26.3 Å². The van der Waals surface area contributed by atoms with Gasteiger partial charge in [-0.25, -0.2) is 4.79 Å². The first-order valence-electron chi connectivity index (χ1n) is 9.42. The lowest BCUT2D eigenvalue weighted by molar-refractivity contribution is -0.164. The SMILES string of the molecule is O=C(COC(=O)C(O)(c1ccccc1)c1ccccc1)NCCc1ccccc1. The highest BCUT2D eigenvalue weighted by atomic mass is 16.6. The molecule has 5 heteroatoms. The van der Waals surface area contributed by atoms with Crippen LogP contribution in [0, 0.1) is 0 Å². The number of rotatable bonds is 8. The van der Waals surface area contributed by atoms with Crippen molar-refractivity contribution in [2.45, 2.75) is 12.0 Å². The molecule has 3 aromatic carbocycles. The molecule has 3 aromatic rings. The number of hydrogen-bond donors (Lipinski definition) is 2. The average Bonchev–Trinajstić information content (AvgIpc) is 2.79. The van der Waals surface area contributed by atoms with Crippen LogP contribution >= 0.6 is 0 Å². The number of carbonyl (C=O) groups is 2. The van der Waals surface area contributed by atoms with Crippen LogP contribution in [0.3, 0.4) is 0 Å². The lowest BCUT2D eigenvalue weighted by Crippen LogP contribution is -2.40. The monoisotopic (exact) mass is 389 g/mol. The van der Waals surface area contributed by atoms with Crippen molar-refractivity contribution in [3.8, 4) is 0 Å². The molecular formula is C24H23NO4. The molecule has 0 bridgehead atoms. The summed E-state index contributed by atoms with van der Waals surface area (Å²) in [6.07, 6.45) is 0.679. The number of amides is 1. The van der Waals surface area contributed by atoms with Gasteiger partial charge in [-0.05, 0) is 23.1 Å². The number of hydrogen-bond acceptors (Lipinski definition) is 4. The second kappa shape index (κ2) is 9.66. The van der Waals surface area contributed by atoms with Gasteiger partial charge in [0.15, 0.2) is 6.61 Å². The maximum atomic E-state index is 12.8. The summed E-state index contributed by atoms with van der Waals surface area (Å²) in [7, 11) is 0. The summed E-state index contributed by atoms with van der Waals surface area (Å²) in [5, 5.41) is 14.0. The van der Waals surface area contributed by atoms with Gasteiger partial charge in [0.2, 0.25) is 5.60 Å². The molecule has 0 heterocycles. The Bertz CT molecular complexity index is 887. The standard InChI is InChI=1S/C24H23NO4/c26-22(25-17-16-19-10-4-1-5-11-19)18-29-23(27)24(28,20-12-6-2-7-13-20)21-14-8-3-9-15-21/h1-15,28H,16-18H2,(H,25,26). The predicted octanol–water partition coefficient (Wildman–Crippen LogP) is 2.82. The molecule has 0 saturated carbocycles. The molecule has 0 aliphatic rings. The molecule has 148 valence electrons. The molecule has 0 saturated heterocycles.